The van der Waals surface area contributed by atoms with E-state index in [0.29, 0.717) is 25.1 Å². The topological polar surface area (TPSA) is 42.4 Å². The molecule has 1 aromatic heterocycles. The summed E-state index contributed by atoms with van der Waals surface area (Å²) in [5.41, 5.74) is 2.69. The molecule has 3 rings (SSSR count). The van der Waals surface area contributed by atoms with Crippen LogP contribution in [0, 0.1) is 18.7 Å². The van der Waals surface area contributed by atoms with Crippen LogP contribution in [-0.2, 0) is 16.0 Å². The lowest BCUT2D eigenvalue weighted by molar-refractivity contribution is -0.128. The molecule has 1 amide bonds. The second-order valence-electron chi connectivity index (χ2n) is 6.20. The van der Waals surface area contributed by atoms with E-state index in [0.717, 1.165) is 29.6 Å². The number of carbonyl (C=O) groups excluding carboxylic acids is 1. The number of hydrogen-bond donors (Lipinski definition) is 0. The van der Waals surface area contributed by atoms with Crippen molar-refractivity contribution >= 4 is 16.8 Å². The first-order valence-corrected chi connectivity index (χ1v) is 7.89. The molecule has 0 spiro atoms. The van der Waals surface area contributed by atoms with E-state index in [1.807, 2.05) is 17.9 Å². The van der Waals surface area contributed by atoms with E-state index in [2.05, 4.69) is 4.98 Å². The van der Waals surface area contributed by atoms with Gasteiger partial charge in [-0.05, 0) is 43.0 Å². The summed E-state index contributed by atoms with van der Waals surface area (Å²) < 4.78 is 18.5. The predicted molar refractivity (Wildman–Crippen MR) is 86.7 cm³/mol. The van der Waals surface area contributed by atoms with Crippen LogP contribution in [0.25, 0.3) is 10.9 Å². The number of rotatable bonds is 5. The van der Waals surface area contributed by atoms with Crippen molar-refractivity contribution in [3.8, 4) is 0 Å². The van der Waals surface area contributed by atoms with Crippen molar-refractivity contribution in [2.75, 3.05) is 26.8 Å². The molecule has 1 fully saturated rings. The number of nitrogens with zero attached hydrogens (tertiary/aromatic N) is 2. The Hall–Kier alpha value is -2.01. The number of likely N-dealkylation sites (tertiary alicyclic amines) is 1. The Balaban J connectivity index is 1.76. The van der Waals surface area contributed by atoms with Gasteiger partial charge < -0.3 is 9.64 Å². The van der Waals surface area contributed by atoms with E-state index >= 15 is 0 Å². The average molecular weight is 316 g/mol. The summed E-state index contributed by atoms with van der Waals surface area (Å²) >= 11 is 0. The summed E-state index contributed by atoms with van der Waals surface area (Å²) in [5.74, 6) is 0.163. The predicted octanol–water partition coefficient (Wildman–Crippen LogP) is 2.72. The van der Waals surface area contributed by atoms with E-state index in [9.17, 15) is 9.18 Å². The minimum absolute atomic E-state index is 0.176. The smallest absolute Gasteiger partial charge is 0.223 e. The Kier molecular flexibility index (Phi) is 4.57. The molecule has 1 aliphatic heterocycles. The zero-order chi connectivity index (χ0) is 16.4. The molecule has 0 N–H and O–H groups in total. The number of halogens is 1. The van der Waals surface area contributed by atoms with Gasteiger partial charge in [0.1, 0.15) is 5.82 Å². The van der Waals surface area contributed by atoms with Gasteiger partial charge in [-0.1, -0.05) is 0 Å². The summed E-state index contributed by atoms with van der Waals surface area (Å²) in [4.78, 5) is 18.4. The van der Waals surface area contributed by atoms with Gasteiger partial charge in [-0.15, -0.1) is 0 Å². The zero-order valence-corrected chi connectivity index (χ0v) is 13.5. The Labute approximate surface area is 135 Å². The Morgan fingerprint density at radius 1 is 1.39 bits per heavy atom. The molecular weight excluding hydrogens is 295 g/mol. The molecule has 0 bridgehead atoms. The maximum atomic E-state index is 13.4. The van der Waals surface area contributed by atoms with Gasteiger partial charge in [0, 0.05) is 43.8 Å². The molecular formula is C18H21FN2O2. The first-order chi connectivity index (χ1) is 11.1. The van der Waals surface area contributed by atoms with Gasteiger partial charge in [-0.2, -0.15) is 0 Å². The number of fused-ring (bicyclic) bond motifs is 1. The van der Waals surface area contributed by atoms with Gasteiger partial charge in [0.05, 0.1) is 12.1 Å². The monoisotopic (exact) mass is 316 g/mol. The van der Waals surface area contributed by atoms with Crippen LogP contribution in [0.3, 0.4) is 0 Å². The van der Waals surface area contributed by atoms with Gasteiger partial charge in [-0.25, -0.2) is 4.39 Å². The molecule has 1 saturated heterocycles. The van der Waals surface area contributed by atoms with Gasteiger partial charge in [0.25, 0.3) is 0 Å². The SMILES string of the molecule is COCCN1CC(Cc2cc(C)c3ccc(F)cc3n2)CC1=O. The molecule has 0 saturated carbocycles. The molecule has 122 valence electrons. The number of ether oxygens (including phenoxy) is 1. The van der Waals surface area contributed by atoms with Crippen LogP contribution in [0.5, 0.6) is 0 Å². The summed E-state index contributed by atoms with van der Waals surface area (Å²) in [6.45, 7) is 3.95. The zero-order valence-electron chi connectivity index (χ0n) is 13.5. The molecule has 2 aromatic rings. The number of hydrogen-bond acceptors (Lipinski definition) is 3. The van der Waals surface area contributed by atoms with Crippen molar-refractivity contribution < 1.29 is 13.9 Å². The van der Waals surface area contributed by atoms with Crippen LogP contribution in [0.1, 0.15) is 17.7 Å². The third-order valence-corrected chi connectivity index (χ3v) is 4.39. The molecule has 2 heterocycles. The summed E-state index contributed by atoms with van der Waals surface area (Å²) in [6, 6.07) is 6.74. The quantitative estimate of drug-likeness (QED) is 0.852. The van der Waals surface area contributed by atoms with Crippen LogP contribution in [0.4, 0.5) is 4.39 Å². The highest BCUT2D eigenvalue weighted by molar-refractivity contribution is 5.82. The lowest BCUT2D eigenvalue weighted by Crippen LogP contribution is -2.29. The van der Waals surface area contributed by atoms with Crippen molar-refractivity contribution in [3.63, 3.8) is 0 Å². The highest BCUT2D eigenvalue weighted by Gasteiger charge is 2.29. The standard InChI is InChI=1S/C18H21FN2O2/c1-12-7-15(20-17-10-14(19)3-4-16(12)17)8-13-9-18(22)21(11-13)5-6-23-2/h3-4,7,10,13H,5-6,8-9,11H2,1-2H3. The van der Waals surface area contributed by atoms with Gasteiger partial charge in [0.2, 0.25) is 5.91 Å². The molecule has 1 unspecified atom stereocenters. The summed E-state index contributed by atoms with van der Waals surface area (Å²) in [5, 5.41) is 0.972. The molecule has 5 heteroatoms. The van der Waals surface area contributed by atoms with Crippen molar-refractivity contribution in [1.82, 2.24) is 9.88 Å². The summed E-state index contributed by atoms with van der Waals surface area (Å²) in [6.07, 6.45) is 1.29. The Bertz CT molecular complexity index is 732. The van der Waals surface area contributed by atoms with E-state index in [1.54, 1.807) is 13.2 Å². The van der Waals surface area contributed by atoms with E-state index in [-0.39, 0.29) is 17.6 Å². The number of aryl methyl sites for hydroxylation is 1. The summed E-state index contributed by atoms with van der Waals surface area (Å²) in [7, 11) is 1.64. The minimum Gasteiger partial charge on any atom is -0.383 e. The fraction of sp³-hybridized carbons (Fsp3) is 0.444. The van der Waals surface area contributed by atoms with Crippen molar-refractivity contribution in [2.45, 2.75) is 19.8 Å². The Morgan fingerprint density at radius 2 is 2.22 bits per heavy atom. The van der Waals surface area contributed by atoms with Gasteiger partial charge in [-0.3, -0.25) is 9.78 Å². The maximum absolute atomic E-state index is 13.4. The molecule has 23 heavy (non-hydrogen) atoms. The largest absolute Gasteiger partial charge is 0.383 e. The molecule has 1 aliphatic rings. The second kappa shape index (κ2) is 6.62. The third-order valence-electron chi connectivity index (χ3n) is 4.39. The number of amides is 1. The third kappa shape index (κ3) is 3.50. The minimum atomic E-state index is -0.275. The van der Waals surface area contributed by atoms with Gasteiger partial charge in [0.15, 0.2) is 0 Å². The number of benzene rings is 1. The Morgan fingerprint density at radius 3 is 3.00 bits per heavy atom. The number of aromatic nitrogens is 1. The second-order valence-corrected chi connectivity index (χ2v) is 6.20. The molecule has 1 atom stereocenters. The first-order valence-electron chi connectivity index (χ1n) is 7.89. The average Bonchev–Trinajstić information content (AvgIpc) is 2.84. The highest BCUT2D eigenvalue weighted by atomic mass is 19.1. The normalized spacial score (nSPS) is 18.1. The van der Waals surface area contributed by atoms with Crippen LogP contribution < -0.4 is 0 Å². The van der Waals surface area contributed by atoms with Crippen molar-refractivity contribution in [1.29, 1.82) is 0 Å². The number of carbonyl (C=O) groups is 1. The maximum Gasteiger partial charge on any atom is 0.223 e. The van der Waals surface area contributed by atoms with Crippen LogP contribution >= 0.6 is 0 Å². The molecule has 0 radical (unpaired) electrons. The van der Waals surface area contributed by atoms with E-state index in [1.165, 1.54) is 12.1 Å². The molecule has 4 nitrogen and oxygen atoms in total. The van der Waals surface area contributed by atoms with E-state index < -0.39 is 0 Å². The number of methoxy groups -OCH3 is 1. The lowest BCUT2D eigenvalue weighted by Gasteiger charge is -2.16. The highest BCUT2D eigenvalue weighted by Crippen LogP contribution is 2.24. The van der Waals surface area contributed by atoms with Crippen molar-refractivity contribution in [2.24, 2.45) is 5.92 Å². The lowest BCUT2D eigenvalue weighted by atomic mass is 10.00. The van der Waals surface area contributed by atoms with Crippen LogP contribution in [-0.4, -0.2) is 42.6 Å². The van der Waals surface area contributed by atoms with Gasteiger partial charge >= 0.3 is 0 Å². The fourth-order valence-corrected chi connectivity index (χ4v) is 3.25. The first kappa shape index (κ1) is 15.9. The molecule has 1 aromatic carbocycles. The fourth-order valence-electron chi connectivity index (χ4n) is 3.25. The van der Waals surface area contributed by atoms with Crippen LogP contribution in [0.15, 0.2) is 24.3 Å². The van der Waals surface area contributed by atoms with E-state index in [4.69, 9.17) is 4.74 Å². The number of pyridine rings is 1. The van der Waals surface area contributed by atoms with Crippen molar-refractivity contribution in [3.05, 3.63) is 41.3 Å². The van der Waals surface area contributed by atoms with Crippen LogP contribution in [0.2, 0.25) is 0 Å². The molecule has 0 aliphatic carbocycles.